The molecule has 0 spiro atoms. The van der Waals surface area contributed by atoms with Crippen LogP contribution >= 0.6 is 0 Å². The van der Waals surface area contributed by atoms with Crippen LogP contribution in [-0.2, 0) is 44.2 Å². The van der Waals surface area contributed by atoms with E-state index >= 15 is 4.39 Å². The molecule has 1 unspecified atom stereocenters. The van der Waals surface area contributed by atoms with Crippen LogP contribution in [-0.4, -0.2) is 40.3 Å². The van der Waals surface area contributed by atoms with Crippen molar-refractivity contribution in [2.75, 3.05) is 13.7 Å². The predicted octanol–water partition coefficient (Wildman–Crippen LogP) is 2.91. The third-order valence-corrected chi connectivity index (χ3v) is 8.65. The Morgan fingerprint density at radius 3 is 2.82 bits per heavy atom. The van der Waals surface area contributed by atoms with Gasteiger partial charge in [0.25, 0.3) is 5.56 Å². The molecule has 0 saturated heterocycles. The molecule has 0 radical (unpaired) electrons. The Hall–Kier alpha value is -3.63. The number of aryl methyl sites for hydroxylation is 1. The van der Waals surface area contributed by atoms with Crippen LogP contribution in [0, 0.1) is 18.7 Å². The number of hydrogen-bond donors (Lipinski definition) is 2. The van der Waals surface area contributed by atoms with Crippen LogP contribution in [0.2, 0.25) is 0 Å². The number of nitrogens with one attached hydrogen (secondary N) is 1. The summed E-state index contributed by atoms with van der Waals surface area (Å²) in [6, 6.07) is 2.93. The van der Waals surface area contributed by atoms with E-state index in [1.807, 2.05) is 0 Å². The molecule has 2 N–H and O–H groups in total. The van der Waals surface area contributed by atoms with Crippen LogP contribution < -0.4 is 10.9 Å². The number of carbonyl (C=O) groups excluding carboxylic acids is 2. The second kappa shape index (κ2) is 8.96. The third-order valence-electron chi connectivity index (χ3n) is 8.65. The number of esters is 2. The Balaban J connectivity index is 1.57. The van der Waals surface area contributed by atoms with Crippen LogP contribution in [0.25, 0.3) is 22.3 Å². The van der Waals surface area contributed by atoms with E-state index in [0.717, 1.165) is 22.1 Å². The van der Waals surface area contributed by atoms with Crippen molar-refractivity contribution in [2.24, 2.45) is 5.92 Å². The number of aromatic nitrogens is 2. The van der Waals surface area contributed by atoms with Gasteiger partial charge in [0.05, 0.1) is 42.0 Å². The van der Waals surface area contributed by atoms with Crippen molar-refractivity contribution >= 4 is 22.8 Å². The number of halogens is 1. The molecule has 9 nitrogen and oxygen atoms in total. The van der Waals surface area contributed by atoms with Gasteiger partial charge in [-0.2, -0.15) is 0 Å². The molecular formula is C29H30FN3O6. The Kier molecular flexibility index (Phi) is 5.89. The Morgan fingerprint density at radius 1 is 1.33 bits per heavy atom. The van der Waals surface area contributed by atoms with Crippen LogP contribution in [0.3, 0.4) is 0 Å². The minimum Gasteiger partial charge on any atom is -0.469 e. The number of methoxy groups -OCH3 is 1. The first-order valence-electron chi connectivity index (χ1n) is 13.2. The number of rotatable bonds is 5. The van der Waals surface area contributed by atoms with E-state index in [0.29, 0.717) is 41.9 Å². The summed E-state index contributed by atoms with van der Waals surface area (Å²) in [6.07, 6.45) is 1.36. The van der Waals surface area contributed by atoms with Crippen molar-refractivity contribution < 1.29 is 28.6 Å². The summed E-state index contributed by atoms with van der Waals surface area (Å²) >= 11 is 0. The highest BCUT2D eigenvalue weighted by molar-refractivity contribution is 5.93. The Bertz CT molecular complexity index is 1650. The molecule has 3 aromatic rings. The predicted molar refractivity (Wildman–Crippen MR) is 139 cm³/mol. The molecule has 0 saturated carbocycles. The number of ether oxygens (including phenoxy) is 2. The maximum atomic E-state index is 15.0. The van der Waals surface area contributed by atoms with Crippen molar-refractivity contribution in [2.45, 2.75) is 64.8 Å². The normalized spacial score (nSPS) is 21.7. The van der Waals surface area contributed by atoms with Gasteiger partial charge in [0.1, 0.15) is 12.4 Å². The number of fused-ring (bicyclic) bond motifs is 5. The van der Waals surface area contributed by atoms with E-state index in [-0.39, 0.29) is 60.0 Å². The molecule has 1 aromatic carbocycles. The molecule has 3 aliphatic rings. The first kappa shape index (κ1) is 25.6. The largest absolute Gasteiger partial charge is 0.469 e. The second-order valence-corrected chi connectivity index (χ2v) is 10.7. The molecule has 39 heavy (non-hydrogen) atoms. The standard InChI is InChI=1S/C29H30FN3O6/c1-5-29(37)18-8-22-25-16(11-33(22)26(34)17(18)12-39-28(29)36)24-20(31-10-13(2)27(35)38-4)7-6-15-14(3)19(30)9-21(32-25)23(15)24/h8-9,13,20,31,37H,5-7,10-12H2,1-4H3/t13?,20-,29-/m0/s1. The van der Waals surface area contributed by atoms with Crippen molar-refractivity contribution in [1.29, 1.82) is 0 Å². The van der Waals surface area contributed by atoms with E-state index in [9.17, 15) is 19.5 Å². The molecule has 10 heteroatoms. The lowest BCUT2D eigenvalue weighted by Crippen LogP contribution is -2.44. The summed E-state index contributed by atoms with van der Waals surface area (Å²) in [6.45, 7) is 5.63. The van der Waals surface area contributed by atoms with Crippen LogP contribution in [0.1, 0.15) is 66.1 Å². The highest BCUT2D eigenvalue weighted by Crippen LogP contribution is 2.45. The van der Waals surface area contributed by atoms with Crippen molar-refractivity contribution in [3.63, 3.8) is 0 Å². The minimum absolute atomic E-state index is 0.0448. The van der Waals surface area contributed by atoms with E-state index in [2.05, 4.69) is 5.32 Å². The number of aliphatic hydroxyl groups is 1. The maximum Gasteiger partial charge on any atom is 0.343 e. The maximum absolute atomic E-state index is 15.0. The molecule has 6 rings (SSSR count). The van der Waals surface area contributed by atoms with Crippen molar-refractivity contribution in [1.82, 2.24) is 14.9 Å². The average Bonchev–Trinajstić information content (AvgIpc) is 3.31. The van der Waals surface area contributed by atoms with Gasteiger partial charge in [-0.3, -0.25) is 9.59 Å². The highest BCUT2D eigenvalue weighted by atomic mass is 19.1. The smallest absolute Gasteiger partial charge is 0.343 e. The van der Waals surface area contributed by atoms with Crippen LogP contribution in [0.5, 0.6) is 0 Å². The summed E-state index contributed by atoms with van der Waals surface area (Å²) in [5.74, 6) is -1.81. The second-order valence-electron chi connectivity index (χ2n) is 10.7. The van der Waals surface area contributed by atoms with Gasteiger partial charge in [-0.15, -0.1) is 0 Å². The monoisotopic (exact) mass is 535 g/mol. The zero-order valence-corrected chi connectivity index (χ0v) is 22.3. The fraction of sp³-hybridized carbons (Fsp3) is 0.448. The lowest BCUT2D eigenvalue weighted by molar-refractivity contribution is -0.172. The SMILES string of the molecule is CC[C@@]1(O)C(=O)OCc2c1cc1n(c2=O)Cc2c-1nc1cc(F)c(C)c3c1c2[C@@H](NCC(C)C(=O)OC)CC3. The van der Waals surface area contributed by atoms with Gasteiger partial charge in [-0.1, -0.05) is 13.8 Å². The van der Waals surface area contributed by atoms with Crippen LogP contribution in [0.15, 0.2) is 16.9 Å². The number of cyclic esters (lactones) is 1. The van der Waals surface area contributed by atoms with E-state index in [1.165, 1.54) is 13.2 Å². The molecule has 0 bridgehead atoms. The summed E-state index contributed by atoms with van der Waals surface area (Å²) in [7, 11) is 1.36. The number of carbonyl (C=O) groups is 2. The number of pyridine rings is 2. The molecule has 0 amide bonds. The first-order chi connectivity index (χ1) is 18.6. The number of benzene rings is 1. The minimum atomic E-state index is -1.93. The molecule has 3 atom stereocenters. The summed E-state index contributed by atoms with van der Waals surface area (Å²) in [5.41, 5.74) is 2.95. The van der Waals surface area contributed by atoms with E-state index in [1.54, 1.807) is 31.4 Å². The Morgan fingerprint density at radius 2 is 2.10 bits per heavy atom. The molecule has 2 aliphatic heterocycles. The van der Waals surface area contributed by atoms with Crippen molar-refractivity contribution in [3.8, 4) is 11.4 Å². The molecule has 1 aliphatic carbocycles. The summed E-state index contributed by atoms with van der Waals surface area (Å²) in [4.78, 5) is 43.1. The molecule has 204 valence electrons. The van der Waals surface area contributed by atoms with Gasteiger partial charge >= 0.3 is 11.9 Å². The van der Waals surface area contributed by atoms with Gasteiger partial charge in [-0.05, 0) is 48.9 Å². The topological polar surface area (TPSA) is 120 Å². The average molecular weight is 536 g/mol. The quantitative estimate of drug-likeness (QED) is 0.375. The van der Waals surface area contributed by atoms with Crippen LogP contribution in [0.4, 0.5) is 4.39 Å². The van der Waals surface area contributed by atoms with Gasteiger partial charge in [0.2, 0.25) is 0 Å². The van der Waals surface area contributed by atoms with E-state index < -0.39 is 11.6 Å². The summed E-state index contributed by atoms with van der Waals surface area (Å²) in [5, 5.41) is 15.6. The fourth-order valence-corrected chi connectivity index (χ4v) is 6.36. The number of nitrogens with zero attached hydrogens (tertiary/aromatic N) is 2. The van der Waals surface area contributed by atoms with Gasteiger partial charge in [0, 0.05) is 35.2 Å². The molecular weight excluding hydrogens is 505 g/mol. The number of hydrogen-bond acceptors (Lipinski definition) is 8. The molecule has 0 fully saturated rings. The third kappa shape index (κ3) is 3.57. The lowest BCUT2D eigenvalue weighted by atomic mass is 9.81. The van der Waals surface area contributed by atoms with Gasteiger partial charge in [0.15, 0.2) is 5.60 Å². The van der Waals surface area contributed by atoms with Gasteiger partial charge in [-0.25, -0.2) is 14.2 Å². The molecule has 2 aromatic heterocycles. The van der Waals surface area contributed by atoms with E-state index in [4.69, 9.17) is 14.5 Å². The molecule has 4 heterocycles. The highest BCUT2D eigenvalue weighted by Gasteiger charge is 2.46. The fourth-order valence-electron chi connectivity index (χ4n) is 6.36. The zero-order chi connectivity index (χ0) is 27.8. The summed E-state index contributed by atoms with van der Waals surface area (Å²) < 4.78 is 26.7. The first-order valence-corrected chi connectivity index (χ1v) is 13.2. The Labute approximate surface area is 223 Å². The lowest BCUT2D eigenvalue weighted by Gasteiger charge is -2.31. The van der Waals surface area contributed by atoms with Crippen molar-refractivity contribution in [3.05, 3.63) is 61.7 Å². The van der Waals surface area contributed by atoms with Gasteiger partial charge < -0.3 is 24.5 Å². The zero-order valence-electron chi connectivity index (χ0n) is 22.3.